The molecule has 110 valence electrons. The summed E-state index contributed by atoms with van der Waals surface area (Å²) in [6.45, 7) is 8.92. The molecule has 1 aromatic carbocycles. The van der Waals surface area contributed by atoms with E-state index in [1.807, 2.05) is 20.8 Å². The molecule has 0 aliphatic carbocycles. The molecule has 0 fully saturated rings. The summed E-state index contributed by atoms with van der Waals surface area (Å²) in [7, 11) is 0. The van der Waals surface area contributed by atoms with E-state index >= 15 is 0 Å². The van der Waals surface area contributed by atoms with Gasteiger partial charge in [-0.3, -0.25) is 4.79 Å². The van der Waals surface area contributed by atoms with Crippen LogP contribution in [-0.2, 0) is 9.53 Å². The lowest BCUT2D eigenvalue weighted by Crippen LogP contribution is -2.46. The van der Waals surface area contributed by atoms with Gasteiger partial charge in [-0.15, -0.1) is 0 Å². The summed E-state index contributed by atoms with van der Waals surface area (Å²) >= 11 is 0. The summed E-state index contributed by atoms with van der Waals surface area (Å²) in [6, 6.07) is 5.00. The van der Waals surface area contributed by atoms with Crippen LogP contribution in [0.4, 0.5) is 5.69 Å². The summed E-state index contributed by atoms with van der Waals surface area (Å²) < 4.78 is 5.17. The number of nitrogens with two attached hydrogens (primary N) is 1. The Morgan fingerprint density at radius 2 is 1.90 bits per heavy atom. The highest BCUT2D eigenvalue weighted by atomic mass is 16.5. The van der Waals surface area contributed by atoms with E-state index in [2.05, 4.69) is 5.32 Å². The lowest BCUT2D eigenvalue weighted by Gasteiger charge is -2.23. The second-order valence-electron chi connectivity index (χ2n) is 5.86. The number of carbonyl (C=O) groups is 2. The highest BCUT2D eigenvalue weighted by molar-refractivity contribution is 5.94. The van der Waals surface area contributed by atoms with Gasteiger partial charge in [0.05, 0.1) is 5.56 Å². The Balaban J connectivity index is 2.75. The SMILES string of the molecule is Cc1ccc(N)cc1C(=O)OC(C)C(=O)NC(C)(C)C. The Morgan fingerprint density at radius 3 is 2.45 bits per heavy atom. The number of anilines is 1. The minimum atomic E-state index is -0.859. The number of esters is 1. The number of nitrogens with one attached hydrogen (secondary N) is 1. The van der Waals surface area contributed by atoms with Crippen LogP contribution in [0.2, 0.25) is 0 Å². The van der Waals surface area contributed by atoms with Crippen LogP contribution in [0.3, 0.4) is 0 Å². The second-order valence-corrected chi connectivity index (χ2v) is 5.86. The molecule has 0 saturated carbocycles. The van der Waals surface area contributed by atoms with Gasteiger partial charge in [0.15, 0.2) is 6.10 Å². The van der Waals surface area contributed by atoms with Crippen LogP contribution >= 0.6 is 0 Å². The number of hydrogen-bond acceptors (Lipinski definition) is 4. The molecule has 5 heteroatoms. The highest BCUT2D eigenvalue weighted by Crippen LogP contribution is 2.15. The van der Waals surface area contributed by atoms with E-state index in [0.717, 1.165) is 5.56 Å². The summed E-state index contributed by atoms with van der Waals surface area (Å²) in [6.07, 6.45) is -0.859. The van der Waals surface area contributed by atoms with Crippen molar-refractivity contribution < 1.29 is 14.3 Å². The standard InChI is InChI=1S/C15H22N2O3/c1-9-6-7-11(16)8-12(9)14(19)20-10(2)13(18)17-15(3,4)5/h6-8,10H,16H2,1-5H3,(H,17,18). The van der Waals surface area contributed by atoms with E-state index < -0.39 is 12.1 Å². The van der Waals surface area contributed by atoms with E-state index in [1.54, 1.807) is 32.0 Å². The zero-order chi connectivity index (χ0) is 15.5. The number of carbonyl (C=O) groups excluding carboxylic acids is 2. The Morgan fingerprint density at radius 1 is 1.30 bits per heavy atom. The van der Waals surface area contributed by atoms with Crippen molar-refractivity contribution in [3.05, 3.63) is 29.3 Å². The van der Waals surface area contributed by atoms with Crippen LogP contribution in [0, 0.1) is 6.92 Å². The largest absolute Gasteiger partial charge is 0.449 e. The van der Waals surface area contributed by atoms with Crippen molar-refractivity contribution in [3.8, 4) is 0 Å². The first-order valence-electron chi connectivity index (χ1n) is 6.49. The molecule has 20 heavy (non-hydrogen) atoms. The van der Waals surface area contributed by atoms with Crippen molar-refractivity contribution in [2.45, 2.75) is 46.3 Å². The molecule has 5 nitrogen and oxygen atoms in total. The molecule has 1 amide bonds. The van der Waals surface area contributed by atoms with E-state index in [1.165, 1.54) is 0 Å². The molecule has 1 rings (SSSR count). The summed E-state index contributed by atoms with van der Waals surface area (Å²) in [4.78, 5) is 23.9. The molecule has 0 bridgehead atoms. The normalized spacial score (nSPS) is 12.7. The predicted molar refractivity (Wildman–Crippen MR) is 78.4 cm³/mol. The Hall–Kier alpha value is -2.04. The summed E-state index contributed by atoms with van der Waals surface area (Å²) in [5, 5.41) is 2.76. The Bertz CT molecular complexity index is 518. The van der Waals surface area contributed by atoms with Gasteiger partial charge in [0.1, 0.15) is 0 Å². The quantitative estimate of drug-likeness (QED) is 0.655. The van der Waals surface area contributed by atoms with Crippen LogP contribution in [0.25, 0.3) is 0 Å². The van der Waals surface area contributed by atoms with Crippen molar-refractivity contribution in [1.29, 1.82) is 0 Å². The molecule has 0 saturated heterocycles. The van der Waals surface area contributed by atoms with Gasteiger partial charge in [0.25, 0.3) is 5.91 Å². The first kappa shape index (κ1) is 16.0. The number of ether oxygens (including phenoxy) is 1. The number of benzene rings is 1. The molecule has 1 atom stereocenters. The highest BCUT2D eigenvalue weighted by Gasteiger charge is 2.23. The zero-order valence-electron chi connectivity index (χ0n) is 12.6. The minimum absolute atomic E-state index is 0.326. The lowest BCUT2D eigenvalue weighted by atomic mass is 10.1. The topological polar surface area (TPSA) is 81.4 Å². The molecular weight excluding hydrogens is 256 g/mol. The molecule has 0 radical (unpaired) electrons. The van der Waals surface area contributed by atoms with Gasteiger partial charge in [-0.2, -0.15) is 0 Å². The first-order valence-corrected chi connectivity index (χ1v) is 6.49. The molecular formula is C15H22N2O3. The van der Waals surface area contributed by atoms with Gasteiger partial charge >= 0.3 is 5.97 Å². The molecule has 0 aliphatic heterocycles. The first-order chi connectivity index (χ1) is 9.10. The molecule has 0 heterocycles. The average molecular weight is 278 g/mol. The van der Waals surface area contributed by atoms with Gasteiger partial charge in [0.2, 0.25) is 0 Å². The lowest BCUT2D eigenvalue weighted by molar-refractivity contribution is -0.130. The molecule has 1 aromatic rings. The van der Waals surface area contributed by atoms with Crippen molar-refractivity contribution >= 4 is 17.6 Å². The van der Waals surface area contributed by atoms with E-state index in [9.17, 15) is 9.59 Å². The number of nitrogen functional groups attached to an aromatic ring is 1. The fourth-order valence-corrected chi connectivity index (χ4v) is 1.61. The minimum Gasteiger partial charge on any atom is -0.449 e. The number of rotatable bonds is 3. The molecule has 0 aliphatic rings. The molecule has 0 spiro atoms. The van der Waals surface area contributed by atoms with Gasteiger partial charge in [0, 0.05) is 11.2 Å². The maximum absolute atomic E-state index is 12.0. The Kier molecular flexibility index (Phi) is 4.76. The number of aryl methyl sites for hydroxylation is 1. The van der Waals surface area contributed by atoms with Crippen LogP contribution < -0.4 is 11.1 Å². The third-order valence-electron chi connectivity index (χ3n) is 2.63. The molecule has 0 aromatic heterocycles. The summed E-state index contributed by atoms with van der Waals surface area (Å²) in [5.74, 6) is -0.876. The van der Waals surface area contributed by atoms with Gasteiger partial charge in [-0.05, 0) is 52.3 Å². The van der Waals surface area contributed by atoms with Gasteiger partial charge in [-0.1, -0.05) is 6.07 Å². The molecule has 1 unspecified atom stereocenters. The second kappa shape index (κ2) is 5.94. The Labute approximate surface area is 119 Å². The van der Waals surface area contributed by atoms with E-state index in [4.69, 9.17) is 10.5 Å². The molecule has 3 N–H and O–H groups in total. The summed E-state index contributed by atoms with van der Waals surface area (Å²) in [5.41, 5.74) is 6.90. The monoisotopic (exact) mass is 278 g/mol. The fourth-order valence-electron chi connectivity index (χ4n) is 1.61. The third-order valence-corrected chi connectivity index (χ3v) is 2.63. The maximum atomic E-state index is 12.0. The van der Waals surface area contributed by atoms with Crippen molar-refractivity contribution in [2.24, 2.45) is 0 Å². The van der Waals surface area contributed by atoms with E-state index in [-0.39, 0.29) is 11.4 Å². The maximum Gasteiger partial charge on any atom is 0.339 e. The average Bonchev–Trinajstić information content (AvgIpc) is 2.29. The predicted octanol–water partition coefficient (Wildman–Crippen LogP) is 2.04. The van der Waals surface area contributed by atoms with Crippen molar-refractivity contribution in [3.63, 3.8) is 0 Å². The van der Waals surface area contributed by atoms with Crippen molar-refractivity contribution in [2.75, 3.05) is 5.73 Å². The van der Waals surface area contributed by atoms with Crippen LogP contribution in [0.5, 0.6) is 0 Å². The van der Waals surface area contributed by atoms with Crippen LogP contribution in [0.15, 0.2) is 18.2 Å². The number of amides is 1. The zero-order valence-corrected chi connectivity index (χ0v) is 12.6. The van der Waals surface area contributed by atoms with Crippen molar-refractivity contribution in [1.82, 2.24) is 5.32 Å². The third kappa shape index (κ3) is 4.57. The number of hydrogen-bond donors (Lipinski definition) is 2. The van der Waals surface area contributed by atoms with Gasteiger partial charge < -0.3 is 15.8 Å². The fraction of sp³-hybridized carbons (Fsp3) is 0.467. The van der Waals surface area contributed by atoms with Crippen LogP contribution in [-0.4, -0.2) is 23.5 Å². The van der Waals surface area contributed by atoms with Gasteiger partial charge in [-0.25, -0.2) is 4.79 Å². The smallest absolute Gasteiger partial charge is 0.339 e. The van der Waals surface area contributed by atoms with E-state index in [0.29, 0.717) is 11.3 Å². The van der Waals surface area contributed by atoms with Crippen LogP contribution in [0.1, 0.15) is 43.6 Å².